The maximum atomic E-state index is 14.2. The van der Waals surface area contributed by atoms with E-state index in [-0.39, 0.29) is 41.0 Å². The molecule has 0 aliphatic rings. The number of halogens is 2. The number of benzene rings is 2. The normalized spacial score (nSPS) is 11.5. The molecule has 34 heavy (non-hydrogen) atoms. The number of hydrogen-bond donors (Lipinski definition) is 2. The second-order valence-corrected chi connectivity index (χ2v) is 7.33. The molecule has 3 heterocycles. The fourth-order valence-corrected chi connectivity index (χ4v) is 3.41. The summed E-state index contributed by atoms with van der Waals surface area (Å²) in [4.78, 5) is 12.6. The Bertz CT molecular complexity index is 1510. The van der Waals surface area contributed by atoms with Crippen LogP contribution in [0.1, 0.15) is 11.3 Å². The molecule has 0 aliphatic heterocycles. The Morgan fingerprint density at radius 2 is 1.59 bits per heavy atom. The fourth-order valence-electron chi connectivity index (χ4n) is 3.41. The molecular weight excluding hydrogens is 440 g/mol. The summed E-state index contributed by atoms with van der Waals surface area (Å²) in [5.74, 6) is -1.05. The van der Waals surface area contributed by atoms with Crippen molar-refractivity contribution in [1.82, 2.24) is 24.7 Å². The lowest BCUT2D eigenvalue weighted by Crippen LogP contribution is -2.08. The number of aromatic nitrogens is 5. The first-order chi connectivity index (χ1) is 16.5. The van der Waals surface area contributed by atoms with E-state index in [9.17, 15) is 8.78 Å². The second-order valence-electron chi connectivity index (χ2n) is 7.33. The van der Waals surface area contributed by atoms with E-state index in [1.54, 1.807) is 30.3 Å². The lowest BCUT2D eigenvalue weighted by Gasteiger charge is -2.07. The number of rotatable bonds is 5. The zero-order valence-corrected chi connectivity index (χ0v) is 17.6. The van der Waals surface area contributed by atoms with Gasteiger partial charge in [0.2, 0.25) is 0 Å². The SMILES string of the molecule is Nc1nc(-n2nc(Cc3ccccc3F)c3ncc(F)cc32)nc(N)c1N=Nc1ccccc1. The molecule has 0 radical (unpaired) electrons. The molecule has 5 aromatic rings. The molecule has 0 atom stereocenters. The van der Waals surface area contributed by atoms with Gasteiger partial charge in [-0.2, -0.15) is 24.9 Å². The molecule has 0 saturated heterocycles. The average molecular weight is 457 g/mol. The largest absolute Gasteiger partial charge is 0.382 e. The van der Waals surface area contributed by atoms with Crippen LogP contribution in [0.3, 0.4) is 0 Å². The Morgan fingerprint density at radius 3 is 2.32 bits per heavy atom. The van der Waals surface area contributed by atoms with E-state index in [4.69, 9.17) is 11.5 Å². The first-order valence-electron chi connectivity index (χ1n) is 10.2. The van der Waals surface area contributed by atoms with Gasteiger partial charge in [0.15, 0.2) is 17.3 Å². The van der Waals surface area contributed by atoms with Crippen molar-refractivity contribution < 1.29 is 8.78 Å². The highest BCUT2D eigenvalue weighted by Gasteiger charge is 2.19. The molecule has 3 aromatic heterocycles. The van der Waals surface area contributed by atoms with Gasteiger partial charge >= 0.3 is 0 Å². The van der Waals surface area contributed by atoms with Crippen molar-refractivity contribution in [1.29, 1.82) is 0 Å². The maximum absolute atomic E-state index is 14.2. The molecule has 5 rings (SSSR count). The predicted octanol–water partition coefficient (Wildman–Crippen LogP) is 4.66. The lowest BCUT2D eigenvalue weighted by molar-refractivity contribution is 0.613. The van der Waals surface area contributed by atoms with E-state index in [2.05, 4.69) is 30.3 Å². The zero-order chi connectivity index (χ0) is 23.7. The number of azo groups is 1. The van der Waals surface area contributed by atoms with Crippen LogP contribution >= 0.6 is 0 Å². The summed E-state index contributed by atoms with van der Waals surface area (Å²) in [5, 5.41) is 12.6. The van der Waals surface area contributed by atoms with Crippen molar-refractivity contribution in [2.24, 2.45) is 10.2 Å². The number of nitrogen functional groups attached to an aromatic ring is 2. The third-order valence-corrected chi connectivity index (χ3v) is 5.01. The first kappa shape index (κ1) is 21.1. The van der Waals surface area contributed by atoms with E-state index >= 15 is 0 Å². The van der Waals surface area contributed by atoms with Crippen LogP contribution in [0.2, 0.25) is 0 Å². The van der Waals surface area contributed by atoms with Gasteiger partial charge in [0.05, 0.1) is 23.1 Å². The van der Waals surface area contributed by atoms with Gasteiger partial charge in [-0.1, -0.05) is 36.4 Å². The van der Waals surface area contributed by atoms with Crippen molar-refractivity contribution in [2.75, 3.05) is 11.5 Å². The smallest absolute Gasteiger partial charge is 0.255 e. The molecule has 9 nitrogen and oxygen atoms in total. The Labute approximate surface area is 191 Å². The summed E-state index contributed by atoms with van der Waals surface area (Å²) in [6, 6.07) is 16.6. The second kappa shape index (κ2) is 8.62. The van der Waals surface area contributed by atoms with Gasteiger partial charge in [-0.3, -0.25) is 0 Å². The molecule has 4 N–H and O–H groups in total. The first-order valence-corrected chi connectivity index (χ1v) is 10.2. The molecule has 0 amide bonds. The van der Waals surface area contributed by atoms with Crippen LogP contribution in [0.25, 0.3) is 17.0 Å². The van der Waals surface area contributed by atoms with Crippen LogP contribution in [0, 0.1) is 11.6 Å². The number of nitrogens with two attached hydrogens (primary N) is 2. The Morgan fingerprint density at radius 1 is 0.882 bits per heavy atom. The highest BCUT2D eigenvalue weighted by atomic mass is 19.1. The third kappa shape index (κ3) is 4.01. The van der Waals surface area contributed by atoms with Gasteiger partial charge < -0.3 is 11.5 Å². The van der Waals surface area contributed by atoms with Crippen LogP contribution in [0.15, 0.2) is 77.1 Å². The number of anilines is 2. The molecule has 11 heteroatoms. The average Bonchev–Trinajstić information content (AvgIpc) is 3.18. The molecule has 0 aliphatic carbocycles. The van der Waals surface area contributed by atoms with Crippen molar-refractivity contribution in [3.8, 4) is 5.95 Å². The van der Waals surface area contributed by atoms with Crippen molar-refractivity contribution in [3.05, 3.63) is 89.8 Å². The van der Waals surface area contributed by atoms with E-state index in [1.807, 2.05) is 18.2 Å². The summed E-state index contributed by atoms with van der Waals surface area (Å²) in [5.41, 5.74) is 14.3. The summed E-state index contributed by atoms with van der Waals surface area (Å²) in [6.45, 7) is 0. The summed E-state index contributed by atoms with van der Waals surface area (Å²) < 4.78 is 29.5. The monoisotopic (exact) mass is 457 g/mol. The molecule has 0 bridgehead atoms. The van der Waals surface area contributed by atoms with Gasteiger partial charge in [-0.25, -0.2) is 13.8 Å². The van der Waals surface area contributed by atoms with Gasteiger partial charge in [-0.15, -0.1) is 5.11 Å². The number of pyridine rings is 1. The molecule has 0 fully saturated rings. The third-order valence-electron chi connectivity index (χ3n) is 5.01. The molecule has 0 spiro atoms. The maximum Gasteiger partial charge on any atom is 0.255 e. The predicted molar refractivity (Wildman–Crippen MR) is 123 cm³/mol. The standard InChI is InChI=1S/C23H17F2N9/c24-14-11-18-19(28-12-14)17(10-13-6-4-5-9-16(13)25)33-34(18)23-29-21(26)20(22(27)30-23)32-31-15-7-2-1-3-8-15/h1-9,11-12H,10H2,(H4,26,27,29,30). The molecule has 0 unspecified atom stereocenters. The summed E-state index contributed by atoms with van der Waals surface area (Å²) in [7, 11) is 0. The summed E-state index contributed by atoms with van der Waals surface area (Å²) in [6.07, 6.45) is 1.19. The van der Waals surface area contributed by atoms with E-state index in [1.165, 1.54) is 16.8 Å². The molecule has 168 valence electrons. The van der Waals surface area contributed by atoms with Crippen molar-refractivity contribution in [3.63, 3.8) is 0 Å². The topological polar surface area (TPSA) is 133 Å². The van der Waals surface area contributed by atoms with E-state index in [0.717, 1.165) is 6.20 Å². The minimum absolute atomic E-state index is 0.00848. The van der Waals surface area contributed by atoms with Crippen LogP contribution in [-0.2, 0) is 6.42 Å². The number of nitrogens with zero attached hydrogens (tertiary/aromatic N) is 7. The van der Waals surface area contributed by atoms with Gasteiger partial charge in [0, 0.05) is 12.5 Å². The van der Waals surface area contributed by atoms with Crippen molar-refractivity contribution >= 4 is 34.0 Å². The van der Waals surface area contributed by atoms with E-state index in [0.29, 0.717) is 22.5 Å². The van der Waals surface area contributed by atoms with Gasteiger partial charge in [-0.05, 0) is 23.8 Å². The van der Waals surface area contributed by atoms with Gasteiger partial charge in [0.1, 0.15) is 17.2 Å². The Balaban J connectivity index is 1.58. The minimum Gasteiger partial charge on any atom is -0.382 e. The number of hydrogen-bond acceptors (Lipinski definition) is 8. The number of fused-ring (bicyclic) bond motifs is 1. The summed E-state index contributed by atoms with van der Waals surface area (Å²) >= 11 is 0. The van der Waals surface area contributed by atoms with Crippen LogP contribution in [0.4, 0.5) is 31.8 Å². The zero-order valence-electron chi connectivity index (χ0n) is 17.6. The molecule has 2 aromatic carbocycles. The van der Waals surface area contributed by atoms with Crippen LogP contribution < -0.4 is 11.5 Å². The van der Waals surface area contributed by atoms with E-state index < -0.39 is 5.82 Å². The van der Waals surface area contributed by atoms with Crippen molar-refractivity contribution in [2.45, 2.75) is 6.42 Å². The minimum atomic E-state index is -0.583. The lowest BCUT2D eigenvalue weighted by atomic mass is 10.1. The Kier molecular flexibility index (Phi) is 5.34. The molecular formula is C23H17F2N9. The van der Waals surface area contributed by atoms with Crippen LogP contribution in [0.5, 0.6) is 0 Å². The molecule has 0 saturated carbocycles. The van der Waals surface area contributed by atoms with Crippen LogP contribution in [-0.4, -0.2) is 24.7 Å². The highest BCUT2D eigenvalue weighted by molar-refractivity contribution is 5.80. The van der Waals surface area contributed by atoms with Gasteiger partial charge in [0.25, 0.3) is 5.95 Å². The quantitative estimate of drug-likeness (QED) is 0.369. The fraction of sp³-hybridized carbons (Fsp3) is 0.0435. The highest BCUT2D eigenvalue weighted by Crippen LogP contribution is 2.30. The Hall–Kier alpha value is -4.80.